The lowest BCUT2D eigenvalue weighted by Crippen LogP contribution is -1.95. The first-order valence-electron chi connectivity index (χ1n) is 11.3. The summed E-state index contributed by atoms with van der Waals surface area (Å²) in [5.74, 6) is 0. The average Bonchev–Trinajstić information content (AvgIpc) is 2.89. The molecule has 0 unspecified atom stereocenters. The molecule has 0 aromatic heterocycles. The molecule has 0 aliphatic heterocycles. The van der Waals surface area contributed by atoms with Crippen LogP contribution in [0.2, 0.25) is 0 Å². The van der Waals surface area contributed by atoms with Crippen LogP contribution in [-0.4, -0.2) is 0 Å². The van der Waals surface area contributed by atoms with Gasteiger partial charge in [0.1, 0.15) is 0 Å². The zero-order valence-electron chi connectivity index (χ0n) is 18.2. The zero-order chi connectivity index (χ0) is 22.0. The molecule has 0 bridgehead atoms. The van der Waals surface area contributed by atoms with Gasteiger partial charge in [0.05, 0.1) is 0 Å². The summed E-state index contributed by atoms with van der Waals surface area (Å²) in [6.07, 6.45) is 0. The molecule has 0 fully saturated rings. The maximum absolute atomic E-state index is 3.73. The Morgan fingerprint density at radius 3 is 1.82 bits per heavy atom. The number of hydrogen-bond donors (Lipinski definition) is 1. The number of nitrogens with one attached hydrogen (secondary N) is 1. The van der Waals surface area contributed by atoms with Crippen molar-refractivity contribution in [3.05, 3.63) is 133 Å². The maximum atomic E-state index is 3.73. The van der Waals surface area contributed by atoms with E-state index in [-0.39, 0.29) is 0 Å². The molecule has 0 saturated heterocycles. The molecule has 0 aliphatic carbocycles. The molecule has 0 saturated carbocycles. The number of hydrogen-bond acceptors (Lipinski definition) is 1. The first kappa shape index (κ1) is 19.3. The summed E-state index contributed by atoms with van der Waals surface area (Å²) in [4.78, 5) is 0. The van der Waals surface area contributed by atoms with E-state index in [1.807, 2.05) is 0 Å². The van der Waals surface area contributed by atoms with Gasteiger partial charge in [0, 0.05) is 22.3 Å². The molecule has 6 rings (SSSR count). The Kier molecular flexibility index (Phi) is 4.86. The Balaban J connectivity index is 1.50. The van der Waals surface area contributed by atoms with E-state index in [2.05, 4.69) is 139 Å². The molecule has 6 aromatic rings. The van der Waals surface area contributed by atoms with Crippen molar-refractivity contribution in [3.8, 4) is 22.3 Å². The molecule has 0 amide bonds. The van der Waals surface area contributed by atoms with Crippen molar-refractivity contribution in [1.82, 2.24) is 0 Å². The van der Waals surface area contributed by atoms with Crippen LogP contribution in [0.3, 0.4) is 0 Å². The highest BCUT2D eigenvalue weighted by atomic mass is 14.9. The standard InChI is InChI=1S/C32H23N/c1-2-11-24(12-3-1)26-16-8-9-20-31(26)33-32-22-21-29(28-17-6-7-18-30(28)32)27-19-10-14-23-13-4-5-15-25(23)27/h1-22,33H. The molecule has 1 heteroatoms. The molecule has 1 N–H and O–H groups in total. The number of para-hydroxylation sites is 1. The molecule has 33 heavy (non-hydrogen) atoms. The van der Waals surface area contributed by atoms with Crippen molar-refractivity contribution in [3.63, 3.8) is 0 Å². The summed E-state index contributed by atoms with van der Waals surface area (Å²) in [7, 11) is 0. The van der Waals surface area contributed by atoms with Crippen LogP contribution in [0.1, 0.15) is 0 Å². The van der Waals surface area contributed by atoms with Crippen LogP contribution in [0.5, 0.6) is 0 Å². The highest BCUT2D eigenvalue weighted by Gasteiger charge is 2.12. The van der Waals surface area contributed by atoms with E-state index in [0.29, 0.717) is 0 Å². The largest absolute Gasteiger partial charge is 0.355 e. The van der Waals surface area contributed by atoms with E-state index in [9.17, 15) is 0 Å². The molecule has 1 nitrogen and oxygen atoms in total. The number of anilines is 2. The predicted molar refractivity (Wildman–Crippen MR) is 142 cm³/mol. The topological polar surface area (TPSA) is 12.0 Å². The second-order valence-electron chi connectivity index (χ2n) is 8.27. The van der Waals surface area contributed by atoms with Crippen LogP contribution in [0.15, 0.2) is 133 Å². The molecule has 0 radical (unpaired) electrons. The molecule has 0 atom stereocenters. The molecule has 156 valence electrons. The minimum absolute atomic E-state index is 1.10. The third-order valence-corrected chi connectivity index (χ3v) is 6.29. The van der Waals surface area contributed by atoms with E-state index in [1.165, 1.54) is 43.8 Å². The molecule has 0 spiro atoms. The Morgan fingerprint density at radius 2 is 0.939 bits per heavy atom. The SMILES string of the molecule is c1ccc(-c2ccccc2Nc2ccc(-c3cccc4ccccc34)c3ccccc23)cc1. The van der Waals surface area contributed by atoms with Gasteiger partial charge < -0.3 is 5.32 Å². The lowest BCUT2D eigenvalue weighted by molar-refractivity contribution is 1.55. The highest BCUT2D eigenvalue weighted by molar-refractivity contribution is 6.09. The molecule has 6 aromatic carbocycles. The Bertz CT molecular complexity index is 1580. The van der Waals surface area contributed by atoms with Gasteiger partial charge in [0.2, 0.25) is 0 Å². The van der Waals surface area contributed by atoms with Gasteiger partial charge in [-0.2, -0.15) is 0 Å². The second kappa shape index (κ2) is 8.29. The van der Waals surface area contributed by atoms with E-state index in [1.54, 1.807) is 0 Å². The fraction of sp³-hybridized carbons (Fsp3) is 0. The summed E-state index contributed by atoms with van der Waals surface area (Å²) < 4.78 is 0. The Labute approximate surface area is 194 Å². The minimum atomic E-state index is 1.10. The molecule has 0 heterocycles. The number of rotatable bonds is 4. The van der Waals surface area contributed by atoms with Crippen molar-refractivity contribution in [2.45, 2.75) is 0 Å². The van der Waals surface area contributed by atoms with Gasteiger partial charge in [-0.05, 0) is 45.0 Å². The van der Waals surface area contributed by atoms with Gasteiger partial charge in [-0.1, -0.05) is 121 Å². The summed E-state index contributed by atoms with van der Waals surface area (Å²) >= 11 is 0. The lowest BCUT2D eigenvalue weighted by atomic mass is 9.93. The smallest absolute Gasteiger partial charge is 0.0464 e. The van der Waals surface area contributed by atoms with E-state index in [0.717, 1.165) is 11.4 Å². The van der Waals surface area contributed by atoms with Crippen molar-refractivity contribution in [2.75, 3.05) is 5.32 Å². The quantitative estimate of drug-likeness (QED) is 0.299. The molecular formula is C32H23N. The van der Waals surface area contributed by atoms with Gasteiger partial charge in [-0.25, -0.2) is 0 Å². The zero-order valence-corrected chi connectivity index (χ0v) is 18.2. The predicted octanol–water partition coefficient (Wildman–Crippen LogP) is 9.07. The van der Waals surface area contributed by atoms with Crippen molar-refractivity contribution < 1.29 is 0 Å². The van der Waals surface area contributed by atoms with Gasteiger partial charge in [0.15, 0.2) is 0 Å². The van der Waals surface area contributed by atoms with E-state index in [4.69, 9.17) is 0 Å². The maximum Gasteiger partial charge on any atom is 0.0464 e. The first-order valence-corrected chi connectivity index (χ1v) is 11.3. The lowest BCUT2D eigenvalue weighted by Gasteiger charge is -2.17. The van der Waals surface area contributed by atoms with Crippen LogP contribution in [0, 0.1) is 0 Å². The molecule has 0 aliphatic rings. The fourth-order valence-corrected chi connectivity index (χ4v) is 4.71. The van der Waals surface area contributed by atoms with Crippen LogP contribution < -0.4 is 5.32 Å². The normalized spacial score (nSPS) is 11.0. The van der Waals surface area contributed by atoms with Crippen molar-refractivity contribution >= 4 is 32.9 Å². The summed E-state index contributed by atoms with van der Waals surface area (Å²) in [6.45, 7) is 0. The van der Waals surface area contributed by atoms with Crippen molar-refractivity contribution in [2.24, 2.45) is 0 Å². The van der Waals surface area contributed by atoms with Gasteiger partial charge in [0.25, 0.3) is 0 Å². The van der Waals surface area contributed by atoms with Crippen LogP contribution in [-0.2, 0) is 0 Å². The second-order valence-corrected chi connectivity index (χ2v) is 8.27. The minimum Gasteiger partial charge on any atom is -0.355 e. The molecular weight excluding hydrogens is 398 g/mol. The van der Waals surface area contributed by atoms with Crippen LogP contribution in [0.4, 0.5) is 11.4 Å². The number of benzene rings is 6. The summed E-state index contributed by atoms with van der Waals surface area (Å²) in [5, 5.41) is 8.73. The highest BCUT2D eigenvalue weighted by Crippen LogP contribution is 2.38. The third-order valence-electron chi connectivity index (χ3n) is 6.29. The summed E-state index contributed by atoms with van der Waals surface area (Å²) in [6, 6.07) is 47.3. The van der Waals surface area contributed by atoms with Gasteiger partial charge in [-0.15, -0.1) is 0 Å². The van der Waals surface area contributed by atoms with Gasteiger partial charge in [-0.3, -0.25) is 0 Å². The summed E-state index contributed by atoms with van der Waals surface area (Å²) in [5.41, 5.74) is 7.13. The Morgan fingerprint density at radius 1 is 0.333 bits per heavy atom. The van der Waals surface area contributed by atoms with E-state index >= 15 is 0 Å². The first-order chi connectivity index (χ1) is 16.4. The van der Waals surface area contributed by atoms with Crippen molar-refractivity contribution in [1.29, 1.82) is 0 Å². The Hall–Kier alpha value is -4.36. The van der Waals surface area contributed by atoms with Crippen LogP contribution in [0.25, 0.3) is 43.8 Å². The van der Waals surface area contributed by atoms with Gasteiger partial charge >= 0.3 is 0 Å². The third kappa shape index (κ3) is 3.54. The number of fused-ring (bicyclic) bond motifs is 2. The van der Waals surface area contributed by atoms with E-state index < -0.39 is 0 Å². The van der Waals surface area contributed by atoms with Crippen LogP contribution >= 0.6 is 0 Å². The monoisotopic (exact) mass is 421 g/mol. The fourth-order valence-electron chi connectivity index (χ4n) is 4.71. The average molecular weight is 422 g/mol.